The molecule has 0 aliphatic carbocycles. The van der Waals surface area contributed by atoms with Crippen LogP contribution < -0.4 is 10.6 Å². The summed E-state index contributed by atoms with van der Waals surface area (Å²) in [4.78, 5) is 11.7. The van der Waals surface area contributed by atoms with Crippen LogP contribution in [0.25, 0.3) is 0 Å². The van der Waals surface area contributed by atoms with Gasteiger partial charge in [-0.2, -0.15) is 0 Å². The molecule has 4 nitrogen and oxygen atoms in total. The maximum atomic E-state index is 11.7. The smallest absolute Gasteiger partial charge is 0.407 e. The van der Waals surface area contributed by atoms with Crippen molar-refractivity contribution in [1.82, 2.24) is 10.6 Å². The Morgan fingerprint density at radius 1 is 0.952 bits per heavy atom. The van der Waals surface area contributed by atoms with Crippen LogP contribution in [0.15, 0.2) is 0 Å². The average Bonchev–Trinajstić information content (AvgIpc) is 2.35. The Bertz CT molecular complexity index is 268. The van der Waals surface area contributed by atoms with Crippen molar-refractivity contribution in [2.45, 2.75) is 97.8 Å². The Labute approximate surface area is 131 Å². The van der Waals surface area contributed by atoms with Gasteiger partial charge in [0.25, 0.3) is 0 Å². The van der Waals surface area contributed by atoms with Crippen molar-refractivity contribution in [3.05, 3.63) is 0 Å². The Morgan fingerprint density at radius 2 is 1.43 bits per heavy atom. The Morgan fingerprint density at radius 3 is 1.86 bits per heavy atom. The minimum absolute atomic E-state index is 0.325. The lowest BCUT2D eigenvalue weighted by molar-refractivity contribution is 0.0520. The second-order valence-electron chi connectivity index (χ2n) is 6.81. The fourth-order valence-electron chi connectivity index (χ4n) is 2.45. The van der Waals surface area contributed by atoms with Crippen LogP contribution in [0.4, 0.5) is 4.79 Å². The third-order valence-electron chi connectivity index (χ3n) is 3.27. The third kappa shape index (κ3) is 11.6. The van der Waals surface area contributed by atoms with E-state index in [0.717, 1.165) is 12.8 Å². The zero-order valence-corrected chi connectivity index (χ0v) is 14.9. The first-order valence-electron chi connectivity index (χ1n) is 8.55. The number of hydrogen-bond acceptors (Lipinski definition) is 3. The molecule has 1 amide bonds. The van der Waals surface area contributed by atoms with Gasteiger partial charge in [0, 0.05) is 18.6 Å². The minimum Gasteiger partial charge on any atom is -0.444 e. The summed E-state index contributed by atoms with van der Waals surface area (Å²) in [5, 5.41) is 6.59. The molecule has 0 aromatic heterocycles. The van der Waals surface area contributed by atoms with Crippen LogP contribution in [0.3, 0.4) is 0 Å². The molecular weight excluding hydrogens is 264 g/mol. The first-order valence-corrected chi connectivity index (χ1v) is 8.55. The van der Waals surface area contributed by atoms with Crippen LogP contribution in [0, 0.1) is 0 Å². The molecule has 0 aromatic carbocycles. The highest BCUT2D eigenvalue weighted by molar-refractivity contribution is 5.67. The first kappa shape index (κ1) is 20.2. The molecule has 4 heteroatoms. The van der Waals surface area contributed by atoms with Gasteiger partial charge in [-0.1, -0.05) is 40.0 Å². The fraction of sp³-hybridized carbons (Fsp3) is 0.941. The van der Waals surface area contributed by atoms with E-state index in [-0.39, 0.29) is 6.09 Å². The molecule has 0 aromatic rings. The second-order valence-corrected chi connectivity index (χ2v) is 6.81. The van der Waals surface area contributed by atoms with Gasteiger partial charge in [-0.15, -0.1) is 0 Å². The van der Waals surface area contributed by atoms with Gasteiger partial charge in [0.2, 0.25) is 0 Å². The number of amides is 1. The standard InChI is InChI=1S/C17H36N2O2/c1-7-10-14(11-8-2)19-15(12-9-3)13-18-16(20)21-17(4,5)6/h14-15,19H,7-13H2,1-6H3,(H,18,20). The molecule has 2 N–H and O–H groups in total. The van der Waals surface area contributed by atoms with E-state index < -0.39 is 5.60 Å². The molecular formula is C17H36N2O2. The molecule has 0 aliphatic heterocycles. The summed E-state index contributed by atoms with van der Waals surface area (Å²) in [6, 6.07) is 0.877. The Kier molecular flexibility index (Phi) is 10.5. The highest BCUT2D eigenvalue weighted by Gasteiger charge is 2.18. The largest absolute Gasteiger partial charge is 0.444 e. The Hall–Kier alpha value is -0.770. The fourth-order valence-corrected chi connectivity index (χ4v) is 2.45. The van der Waals surface area contributed by atoms with Crippen LogP contribution >= 0.6 is 0 Å². The summed E-state index contributed by atoms with van der Waals surface area (Å²) in [5.41, 5.74) is -0.440. The molecule has 0 spiro atoms. The number of carbonyl (C=O) groups is 1. The van der Waals surface area contributed by atoms with Gasteiger partial charge in [0.05, 0.1) is 0 Å². The van der Waals surface area contributed by atoms with Gasteiger partial charge in [-0.05, 0) is 40.0 Å². The molecule has 0 radical (unpaired) electrons. The summed E-state index contributed by atoms with van der Waals surface area (Å²) in [6.45, 7) is 12.9. The molecule has 21 heavy (non-hydrogen) atoms. The van der Waals surface area contributed by atoms with E-state index in [2.05, 4.69) is 31.4 Å². The first-order chi connectivity index (χ1) is 9.82. The van der Waals surface area contributed by atoms with Gasteiger partial charge < -0.3 is 15.4 Å². The van der Waals surface area contributed by atoms with Gasteiger partial charge in [0.15, 0.2) is 0 Å². The van der Waals surface area contributed by atoms with Crippen molar-refractivity contribution < 1.29 is 9.53 Å². The predicted octanol–water partition coefficient (Wildman–Crippen LogP) is 4.24. The molecule has 1 atom stereocenters. The maximum Gasteiger partial charge on any atom is 0.407 e. The SMILES string of the molecule is CCCC(CCC)NC(CCC)CNC(=O)OC(C)(C)C. The topological polar surface area (TPSA) is 50.4 Å². The van der Waals surface area contributed by atoms with Crippen LogP contribution in [-0.2, 0) is 4.74 Å². The summed E-state index contributed by atoms with van der Waals surface area (Å²) < 4.78 is 5.29. The summed E-state index contributed by atoms with van der Waals surface area (Å²) >= 11 is 0. The van der Waals surface area contributed by atoms with E-state index in [1.54, 1.807) is 0 Å². The number of nitrogens with one attached hydrogen (secondary N) is 2. The minimum atomic E-state index is -0.440. The lowest BCUT2D eigenvalue weighted by atomic mass is 10.0. The molecule has 0 bridgehead atoms. The van der Waals surface area contributed by atoms with E-state index in [0.29, 0.717) is 18.6 Å². The zero-order valence-electron chi connectivity index (χ0n) is 14.9. The molecule has 0 aliphatic rings. The van der Waals surface area contributed by atoms with Crippen molar-refractivity contribution in [3.63, 3.8) is 0 Å². The van der Waals surface area contributed by atoms with Gasteiger partial charge in [0.1, 0.15) is 5.60 Å². The third-order valence-corrected chi connectivity index (χ3v) is 3.27. The van der Waals surface area contributed by atoms with E-state index in [1.165, 1.54) is 25.7 Å². The van der Waals surface area contributed by atoms with E-state index >= 15 is 0 Å². The van der Waals surface area contributed by atoms with Crippen LogP contribution in [-0.4, -0.2) is 30.3 Å². The predicted molar refractivity (Wildman–Crippen MR) is 89.7 cm³/mol. The monoisotopic (exact) mass is 300 g/mol. The van der Waals surface area contributed by atoms with Crippen molar-refractivity contribution in [1.29, 1.82) is 0 Å². The van der Waals surface area contributed by atoms with Gasteiger partial charge in [-0.3, -0.25) is 0 Å². The highest BCUT2D eigenvalue weighted by Crippen LogP contribution is 2.09. The molecule has 126 valence electrons. The van der Waals surface area contributed by atoms with Gasteiger partial charge >= 0.3 is 6.09 Å². The number of carbonyl (C=O) groups excluding carboxylic acids is 1. The van der Waals surface area contributed by atoms with Crippen molar-refractivity contribution in [2.24, 2.45) is 0 Å². The van der Waals surface area contributed by atoms with E-state index in [4.69, 9.17) is 4.74 Å². The number of hydrogen-bond donors (Lipinski definition) is 2. The number of rotatable bonds is 10. The highest BCUT2D eigenvalue weighted by atomic mass is 16.6. The zero-order chi connectivity index (χ0) is 16.3. The van der Waals surface area contributed by atoms with Crippen LogP contribution in [0.2, 0.25) is 0 Å². The van der Waals surface area contributed by atoms with Crippen LogP contribution in [0.5, 0.6) is 0 Å². The molecule has 1 unspecified atom stereocenters. The molecule has 0 fully saturated rings. The van der Waals surface area contributed by atoms with Gasteiger partial charge in [-0.25, -0.2) is 4.79 Å². The number of ether oxygens (including phenoxy) is 1. The average molecular weight is 300 g/mol. The number of alkyl carbamates (subject to hydrolysis) is 1. The molecule has 0 saturated carbocycles. The Balaban J connectivity index is 4.30. The normalized spacial score (nSPS) is 13.3. The summed E-state index contributed by atoms with van der Waals surface area (Å²) in [7, 11) is 0. The van der Waals surface area contributed by atoms with E-state index in [9.17, 15) is 4.79 Å². The lowest BCUT2D eigenvalue weighted by Gasteiger charge is -2.26. The second kappa shape index (κ2) is 10.9. The van der Waals surface area contributed by atoms with Crippen LogP contribution in [0.1, 0.15) is 80.1 Å². The van der Waals surface area contributed by atoms with Crippen molar-refractivity contribution in [3.8, 4) is 0 Å². The summed E-state index contributed by atoms with van der Waals surface area (Å²) in [5.74, 6) is 0. The van der Waals surface area contributed by atoms with Crippen molar-refractivity contribution >= 4 is 6.09 Å². The molecule has 0 heterocycles. The molecule has 0 saturated heterocycles. The molecule has 0 rings (SSSR count). The quantitative estimate of drug-likeness (QED) is 0.634. The van der Waals surface area contributed by atoms with Crippen molar-refractivity contribution in [2.75, 3.05) is 6.54 Å². The maximum absolute atomic E-state index is 11.7. The summed E-state index contributed by atoms with van der Waals surface area (Å²) in [6.07, 6.45) is 6.62. The lowest BCUT2D eigenvalue weighted by Crippen LogP contribution is -2.46. The van der Waals surface area contributed by atoms with E-state index in [1.807, 2.05) is 20.8 Å².